The van der Waals surface area contributed by atoms with Crippen LogP contribution in [0.4, 0.5) is 0 Å². The van der Waals surface area contributed by atoms with E-state index >= 15 is 0 Å². The van der Waals surface area contributed by atoms with Crippen molar-refractivity contribution >= 4 is 23.3 Å². The Balaban J connectivity index is 1.81. The Morgan fingerprint density at radius 3 is 3.00 bits per heavy atom. The highest BCUT2D eigenvalue weighted by Gasteiger charge is 2.15. The zero-order valence-electron chi connectivity index (χ0n) is 8.48. The minimum atomic E-state index is -0.00269. The lowest BCUT2D eigenvalue weighted by Crippen LogP contribution is -2.30. The quantitative estimate of drug-likeness (QED) is 0.797. The van der Waals surface area contributed by atoms with Crippen molar-refractivity contribution < 1.29 is 4.79 Å². The molecule has 0 aliphatic heterocycles. The average molecular weight is 222 g/mol. The lowest BCUT2D eigenvalue weighted by molar-refractivity contribution is -0.117. The van der Waals surface area contributed by atoms with Crippen LogP contribution in [-0.2, 0) is 4.79 Å². The molecule has 1 heterocycles. The van der Waals surface area contributed by atoms with Crippen LogP contribution >= 0.6 is 11.3 Å². The first-order valence-corrected chi connectivity index (χ1v) is 6.10. The number of hydrogen-bond donors (Lipinski definition) is 1. The molecule has 1 fully saturated rings. The van der Waals surface area contributed by atoms with E-state index in [0.29, 0.717) is 6.04 Å². The molecule has 1 N–H and O–H groups in total. The van der Waals surface area contributed by atoms with Crippen molar-refractivity contribution in [3.8, 4) is 0 Å². The monoisotopic (exact) mass is 222 g/mol. The minimum absolute atomic E-state index is 0.00269. The van der Waals surface area contributed by atoms with Gasteiger partial charge in [-0.05, 0) is 18.9 Å². The summed E-state index contributed by atoms with van der Waals surface area (Å²) in [6.45, 7) is 0. The minimum Gasteiger partial charge on any atom is -0.350 e. The molecule has 2 rings (SSSR count). The molecule has 0 saturated heterocycles. The van der Waals surface area contributed by atoms with Crippen LogP contribution in [0.15, 0.2) is 17.7 Å². The zero-order chi connectivity index (χ0) is 10.5. The topological polar surface area (TPSA) is 42.0 Å². The number of carbonyl (C=O) groups is 1. The van der Waals surface area contributed by atoms with E-state index in [1.54, 1.807) is 18.3 Å². The first-order valence-electron chi connectivity index (χ1n) is 5.22. The third-order valence-electron chi connectivity index (χ3n) is 2.53. The second kappa shape index (κ2) is 5.07. The number of amides is 1. The molecule has 1 aliphatic rings. The van der Waals surface area contributed by atoms with Gasteiger partial charge in [-0.2, -0.15) is 0 Å². The molecule has 4 heteroatoms. The van der Waals surface area contributed by atoms with Crippen molar-refractivity contribution in [3.63, 3.8) is 0 Å². The van der Waals surface area contributed by atoms with Gasteiger partial charge < -0.3 is 5.32 Å². The number of rotatable bonds is 3. The van der Waals surface area contributed by atoms with E-state index in [0.717, 1.165) is 17.8 Å². The van der Waals surface area contributed by atoms with Gasteiger partial charge >= 0.3 is 0 Å². The maximum atomic E-state index is 11.5. The van der Waals surface area contributed by atoms with Crippen LogP contribution in [0.25, 0.3) is 6.08 Å². The fourth-order valence-corrected chi connectivity index (χ4v) is 2.31. The molecule has 1 aromatic heterocycles. The highest BCUT2D eigenvalue weighted by molar-refractivity contribution is 7.10. The Morgan fingerprint density at radius 1 is 1.53 bits per heavy atom. The highest BCUT2D eigenvalue weighted by atomic mass is 32.1. The number of nitrogens with one attached hydrogen (secondary N) is 1. The predicted octanol–water partition coefficient (Wildman–Crippen LogP) is 2.22. The molecule has 0 radical (unpaired) electrons. The van der Waals surface area contributed by atoms with Gasteiger partial charge in [-0.3, -0.25) is 4.79 Å². The van der Waals surface area contributed by atoms with Crippen LogP contribution in [0.1, 0.15) is 30.7 Å². The molecule has 0 spiro atoms. The molecule has 15 heavy (non-hydrogen) atoms. The van der Waals surface area contributed by atoms with Crippen LogP contribution in [0, 0.1) is 0 Å². The Kier molecular flexibility index (Phi) is 3.50. The van der Waals surface area contributed by atoms with Crippen molar-refractivity contribution in [3.05, 3.63) is 22.7 Å². The Bertz CT molecular complexity index is 339. The normalized spacial score (nSPS) is 17.3. The van der Waals surface area contributed by atoms with Gasteiger partial charge in [-0.1, -0.05) is 12.8 Å². The number of carbonyl (C=O) groups excluding carboxylic acids is 1. The second-order valence-corrected chi connectivity index (χ2v) is 4.62. The summed E-state index contributed by atoms with van der Waals surface area (Å²) in [6, 6.07) is 0.387. The van der Waals surface area contributed by atoms with Gasteiger partial charge in [-0.15, -0.1) is 11.3 Å². The van der Waals surface area contributed by atoms with Crippen LogP contribution in [-0.4, -0.2) is 16.9 Å². The van der Waals surface area contributed by atoms with Crippen LogP contribution in [0.2, 0.25) is 0 Å². The van der Waals surface area contributed by atoms with Crippen molar-refractivity contribution in [2.75, 3.05) is 0 Å². The number of aromatic nitrogens is 1. The maximum absolute atomic E-state index is 11.5. The van der Waals surface area contributed by atoms with E-state index in [1.165, 1.54) is 24.2 Å². The number of nitrogens with zero attached hydrogens (tertiary/aromatic N) is 1. The molecule has 3 nitrogen and oxygen atoms in total. The summed E-state index contributed by atoms with van der Waals surface area (Å²) in [5, 5.41) is 5.76. The van der Waals surface area contributed by atoms with E-state index in [2.05, 4.69) is 10.3 Å². The number of hydrogen-bond acceptors (Lipinski definition) is 3. The van der Waals surface area contributed by atoms with E-state index in [9.17, 15) is 4.79 Å². The van der Waals surface area contributed by atoms with Crippen molar-refractivity contribution in [1.29, 1.82) is 0 Å². The van der Waals surface area contributed by atoms with Gasteiger partial charge in [-0.25, -0.2) is 4.98 Å². The molecule has 80 valence electrons. The number of thiazole rings is 1. The SMILES string of the molecule is O=C(C=Cc1nccs1)NC1CCCC1. The smallest absolute Gasteiger partial charge is 0.244 e. The summed E-state index contributed by atoms with van der Waals surface area (Å²) >= 11 is 1.53. The van der Waals surface area contributed by atoms with Crippen molar-refractivity contribution in [2.45, 2.75) is 31.7 Å². The zero-order valence-corrected chi connectivity index (χ0v) is 9.30. The average Bonchev–Trinajstić information content (AvgIpc) is 2.86. The molecule has 1 saturated carbocycles. The van der Waals surface area contributed by atoms with E-state index in [4.69, 9.17) is 0 Å². The summed E-state index contributed by atoms with van der Waals surface area (Å²) in [5.41, 5.74) is 0. The first-order chi connectivity index (χ1) is 7.34. The molecule has 0 unspecified atom stereocenters. The second-order valence-electron chi connectivity index (χ2n) is 3.69. The van der Waals surface area contributed by atoms with Crippen LogP contribution < -0.4 is 5.32 Å². The largest absolute Gasteiger partial charge is 0.350 e. The fourth-order valence-electron chi connectivity index (χ4n) is 1.78. The molecule has 0 bridgehead atoms. The summed E-state index contributed by atoms with van der Waals surface area (Å²) in [5.74, 6) is -0.00269. The van der Waals surface area contributed by atoms with Gasteiger partial charge in [0.2, 0.25) is 5.91 Å². The molecule has 0 aromatic carbocycles. The standard InChI is InChI=1S/C11H14N2OS/c14-10(13-9-3-1-2-4-9)5-6-11-12-7-8-15-11/h5-9H,1-4H2,(H,13,14). The van der Waals surface area contributed by atoms with Crippen molar-refractivity contribution in [1.82, 2.24) is 10.3 Å². The fraction of sp³-hybridized carbons (Fsp3) is 0.455. The van der Waals surface area contributed by atoms with Crippen LogP contribution in [0.5, 0.6) is 0 Å². The first kappa shape index (κ1) is 10.4. The van der Waals surface area contributed by atoms with E-state index in [1.807, 2.05) is 5.38 Å². The highest BCUT2D eigenvalue weighted by Crippen LogP contribution is 2.17. The Morgan fingerprint density at radius 2 is 2.33 bits per heavy atom. The molecule has 1 aliphatic carbocycles. The lowest BCUT2D eigenvalue weighted by atomic mass is 10.2. The van der Waals surface area contributed by atoms with Gasteiger partial charge in [0.1, 0.15) is 5.01 Å². The van der Waals surface area contributed by atoms with Gasteiger partial charge in [0.25, 0.3) is 0 Å². The maximum Gasteiger partial charge on any atom is 0.244 e. The van der Waals surface area contributed by atoms with E-state index < -0.39 is 0 Å². The van der Waals surface area contributed by atoms with Crippen LogP contribution in [0.3, 0.4) is 0 Å². The third kappa shape index (κ3) is 3.16. The molecular weight excluding hydrogens is 208 g/mol. The molecule has 0 atom stereocenters. The summed E-state index contributed by atoms with van der Waals surface area (Å²) in [6.07, 6.45) is 9.78. The molecule has 1 amide bonds. The molecular formula is C11H14N2OS. The van der Waals surface area contributed by atoms with Gasteiger partial charge in [0.15, 0.2) is 0 Å². The third-order valence-corrected chi connectivity index (χ3v) is 3.27. The Labute approximate surface area is 93.2 Å². The van der Waals surface area contributed by atoms with Gasteiger partial charge in [0.05, 0.1) is 0 Å². The van der Waals surface area contributed by atoms with E-state index in [-0.39, 0.29) is 5.91 Å². The lowest BCUT2D eigenvalue weighted by Gasteiger charge is -2.08. The predicted molar refractivity (Wildman–Crippen MR) is 61.5 cm³/mol. The summed E-state index contributed by atoms with van der Waals surface area (Å²) in [4.78, 5) is 15.5. The van der Waals surface area contributed by atoms with Gasteiger partial charge in [0, 0.05) is 23.7 Å². The van der Waals surface area contributed by atoms with Crippen molar-refractivity contribution in [2.24, 2.45) is 0 Å². The Hall–Kier alpha value is -1.16. The molecule has 1 aromatic rings. The summed E-state index contributed by atoms with van der Waals surface area (Å²) in [7, 11) is 0. The summed E-state index contributed by atoms with van der Waals surface area (Å²) < 4.78 is 0.